The van der Waals surface area contributed by atoms with E-state index >= 15 is 0 Å². The van der Waals surface area contributed by atoms with E-state index < -0.39 is 9.84 Å². The van der Waals surface area contributed by atoms with E-state index in [1.54, 1.807) is 23.5 Å². The van der Waals surface area contributed by atoms with E-state index in [0.717, 1.165) is 48.9 Å². The smallest absolute Gasteiger partial charge is 0.175 e. The zero-order chi connectivity index (χ0) is 17.4. The van der Waals surface area contributed by atoms with Crippen molar-refractivity contribution in [3.8, 4) is 10.6 Å². The van der Waals surface area contributed by atoms with Crippen LogP contribution in [0.4, 0.5) is 0 Å². The number of nitrogens with zero attached hydrogens (tertiary/aromatic N) is 2. The van der Waals surface area contributed by atoms with Gasteiger partial charge in [-0.3, -0.25) is 4.90 Å². The van der Waals surface area contributed by atoms with Gasteiger partial charge in [-0.15, -0.1) is 11.3 Å². The van der Waals surface area contributed by atoms with E-state index in [-0.39, 0.29) is 5.41 Å². The summed E-state index contributed by atoms with van der Waals surface area (Å²) in [6, 6.07) is 6.92. The molecule has 1 aromatic carbocycles. The number of aromatic nitrogens is 1. The molecule has 1 aliphatic rings. The lowest BCUT2D eigenvalue weighted by Crippen LogP contribution is -2.31. The van der Waals surface area contributed by atoms with Crippen molar-refractivity contribution >= 4 is 21.2 Å². The first-order valence-corrected chi connectivity index (χ1v) is 10.7. The molecule has 1 saturated heterocycles. The summed E-state index contributed by atoms with van der Waals surface area (Å²) in [4.78, 5) is 7.44. The molecule has 2 heterocycles. The fraction of sp³-hybridized carbons (Fsp3) is 0.471. The number of thiazole rings is 1. The van der Waals surface area contributed by atoms with E-state index in [9.17, 15) is 8.42 Å². The molecule has 0 bridgehead atoms. The third kappa shape index (κ3) is 3.85. The number of rotatable bonds is 5. The van der Waals surface area contributed by atoms with Gasteiger partial charge in [0, 0.05) is 30.3 Å². The van der Waals surface area contributed by atoms with Crippen molar-refractivity contribution in [1.29, 1.82) is 0 Å². The summed E-state index contributed by atoms with van der Waals surface area (Å²) >= 11 is 1.59. The molecule has 0 amide bonds. The molecule has 130 valence electrons. The lowest BCUT2D eigenvalue weighted by molar-refractivity contribution is 0.272. The number of hydrogen-bond donors (Lipinski definition) is 1. The Morgan fingerprint density at radius 1 is 1.33 bits per heavy atom. The summed E-state index contributed by atoms with van der Waals surface area (Å²) in [5.74, 6) is 0. The van der Waals surface area contributed by atoms with Gasteiger partial charge in [0.25, 0.3) is 0 Å². The highest BCUT2D eigenvalue weighted by atomic mass is 32.2. The third-order valence-electron chi connectivity index (χ3n) is 4.60. The van der Waals surface area contributed by atoms with Crippen molar-refractivity contribution < 1.29 is 8.42 Å². The Kier molecular flexibility index (Phi) is 4.79. The molecule has 2 N–H and O–H groups in total. The minimum absolute atomic E-state index is 0.223. The van der Waals surface area contributed by atoms with Crippen LogP contribution in [0, 0.1) is 5.41 Å². The molecule has 0 saturated carbocycles. The highest BCUT2D eigenvalue weighted by molar-refractivity contribution is 7.90. The molecule has 1 aliphatic heterocycles. The number of likely N-dealkylation sites (tertiary alicyclic amines) is 1. The van der Waals surface area contributed by atoms with Crippen LogP contribution in [0.5, 0.6) is 0 Å². The van der Waals surface area contributed by atoms with Gasteiger partial charge in [-0.1, -0.05) is 19.1 Å². The van der Waals surface area contributed by atoms with Crippen molar-refractivity contribution in [3.05, 3.63) is 35.3 Å². The minimum atomic E-state index is -3.16. The molecular weight excluding hydrogens is 342 g/mol. The highest BCUT2D eigenvalue weighted by Crippen LogP contribution is 2.31. The topological polar surface area (TPSA) is 76.3 Å². The van der Waals surface area contributed by atoms with Crippen LogP contribution in [0.25, 0.3) is 10.6 Å². The van der Waals surface area contributed by atoms with Gasteiger partial charge in [0.2, 0.25) is 0 Å². The Morgan fingerprint density at radius 3 is 2.62 bits per heavy atom. The van der Waals surface area contributed by atoms with Crippen molar-refractivity contribution in [1.82, 2.24) is 9.88 Å². The van der Waals surface area contributed by atoms with Gasteiger partial charge in [-0.2, -0.15) is 0 Å². The van der Waals surface area contributed by atoms with Crippen molar-refractivity contribution in [3.63, 3.8) is 0 Å². The Hall–Kier alpha value is -1.28. The molecule has 24 heavy (non-hydrogen) atoms. The molecule has 0 spiro atoms. The van der Waals surface area contributed by atoms with Crippen molar-refractivity contribution in [2.24, 2.45) is 11.1 Å². The van der Waals surface area contributed by atoms with Gasteiger partial charge in [0.1, 0.15) is 5.01 Å². The van der Waals surface area contributed by atoms with Crippen LogP contribution < -0.4 is 5.73 Å². The average molecular weight is 366 g/mol. The molecular formula is C17H23N3O2S2. The maximum atomic E-state index is 11.5. The van der Waals surface area contributed by atoms with E-state index in [1.807, 2.05) is 12.1 Å². The van der Waals surface area contributed by atoms with E-state index in [4.69, 9.17) is 10.7 Å². The Labute approximate surface area is 147 Å². The summed E-state index contributed by atoms with van der Waals surface area (Å²) in [6.45, 7) is 5.87. The lowest BCUT2D eigenvalue weighted by atomic mass is 9.90. The van der Waals surface area contributed by atoms with Crippen LogP contribution in [0.15, 0.2) is 34.5 Å². The summed E-state index contributed by atoms with van der Waals surface area (Å²) < 4.78 is 23.1. The predicted octanol–water partition coefficient (Wildman–Crippen LogP) is 2.38. The number of hydrogen-bond acceptors (Lipinski definition) is 6. The van der Waals surface area contributed by atoms with E-state index in [2.05, 4.69) is 17.2 Å². The summed E-state index contributed by atoms with van der Waals surface area (Å²) in [5.41, 5.74) is 8.10. The lowest BCUT2D eigenvalue weighted by Gasteiger charge is -2.22. The standard InChI is InChI=1S/C17H23N3O2S2/c1-17(11-18)7-8-20(12-17)9-14-10-23-16(19-14)13-3-5-15(6-4-13)24(2,21)22/h3-6,10H,7-9,11-12,18H2,1-2H3. The molecule has 1 atom stereocenters. The van der Waals surface area contributed by atoms with E-state index in [0.29, 0.717) is 4.90 Å². The van der Waals surface area contributed by atoms with Crippen LogP contribution in [0.2, 0.25) is 0 Å². The maximum Gasteiger partial charge on any atom is 0.175 e. The van der Waals surface area contributed by atoms with Gasteiger partial charge in [-0.25, -0.2) is 13.4 Å². The van der Waals surface area contributed by atoms with Crippen molar-refractivity contribution in [2.45, 2.75) is 24.8 Å². The van der Waals surface area contributed by atoms with Gasteiger partial charge >= 0.3 is 0 Å². The van der Waals surface area contributed by atoms with Gasteiger partial charge in [-0.05, 0) is 37.1 Å². The monoisotopic (exact) mass is 365 g/mol. The molecule has 0 aliphatic carbocycles. The molecule has 3 rings (SSSR count). The second-order valence-electron chi connectivity index (χ2n) is 6.92. The van der Waals surface area contributed by atoms with Crippen molar-refractivity contribution in [2.75, 3.05) is 25.9 Å². The molecule has 1 unspecified atom stereocenters. The van der Waals surface area contributed by atoms with Gasteiger partial charge in [0.05, 0.1) is 10.6 Å². The zero-order valence-electron chi connectivity index (χ0n) is 14.0. The van der Waals surface area contributed by atoms with E-state index in [1.165, 1.54) is 6.26 Å². The highest BCUT2D eigenvalue weighted by Gasteiger charge is 2.32. The summed E-state index contributed by atoms with van der Waals surface area (Å²) in [5, 5.41) is 3.00. The first-order chi connectivity index (χ1) is 11.3. The summed E-state index contributed by atoms with van der Waals surface area (Å²) in [6.07, 6.45) is 2.35. The average Bonchev–Trinajstić information content (AvgIpc) is 3.15. The van der Waals surface area contributed by atoms with Gasteiger partial charge in [0.15, 0.2) is 9.84 Å². The van der Waals surface area contributed by atoms with Crippen LogP contribution in [-0.2, 0) is 16.4 Å². The summed E-state index contributed by atoms with van der Waals surface area (Å²) in [7, 11) is -3.16. The van der Waals surface area contributed by atoms with Crippen LogP contribution in [0.3, 0.4) is 0 Å². The molecule has 0 radical (unpaired) electrons. The number of sulfone groups is 1. The molecule has 1 fully saturated rings. The van der Waals surface area contributed by atoms with Gasteiger partial charge < -0.3 is 5.73 Å². The first-order valence-electron chi connectivity index (χ1n) is 7.96. The second-order valence-corrected chi connectivity index (χ2v) is 9.79. The van der Waals surface area contributed by atoms with Crippen LogP contribution in [0.1, 0.15) is 19.0 Å². The molecule has 2 aromatic rings. The zero-order valence-corrected chi connectivity index (χ0v) is 15.7. The minimum Gasteiger partial charge on any atom is -0.330 e. The maximum absolute atomic E-state index is 11.5. The Bertz CT molecular complexity index is 815. The Morgan fingerprint density at radius 2 is 2.04 bits per heavy atom. The number of benzene rings is 1. The second kappa shape index (κ2) is 6.55. The van der Waals surface area contributed by atoms with Crippen LogP contribution in [-0.4, -0.2) is 44.2 Å². The molecule has 7 heteroatoms. The predicted molar refractivity (Wildman–Crippen MR) is 97.7 cm³/mol. The first kappa shape index (κ1) is 17.5. The van der Waals surface area contributed by atoms with Crippen LogP contribution >= 0.6 is 11.3 Å². The molecule has 5 nitrogen and oxygen atoms in total. The fourth-order valence-corrected chi connectivity index (χ4v) is 4.46. The fourth-order valence-electron chi connectivity index (χ4n) is 3.01. The largest absolute Gasteiger partial charge is 0.330 e. The molecule has 1 aromatic heterocycles. The number of nitrogens with two attached hydrogens (primary N) is 1. The normalized spacial score (nSPS) is 22.1. The Balaban J connectivity index is 1.70. The third-order valence-corrected chi connectivity index (χ3v) is 6.67. The SMILES string of the molecule is CC1(CN)CCN(Cc2csc(-c3ccc(S(C)(=O)=O)cc3)n2)C1. The quantitative estimate of drug-likeness (QED) is 0.880.